The van der Waals surface area contributed by atoms with E-state index < -0.39 is 5.41 Å². The van der Waals surface area contributed by atoms with Gasteiger partial charge in [0.1, 0.15) is 0 Å². The van der Waals surface area contributed by atoms with Gasteiger partial charge in [0.15, 0.2) is 0 Å². The Morgan fingerprint density at radius 3 is 2.26 bits per heavy atom. The summed E-state index contributed by atoms with van der Waals surface area (Å²) in [6, 6.07) is 0.402. The van der Waals surface area contributed by atoms with Crippen molar-refractivity contribution in [3.63, 3.8) is 0 Å². The van der Waals surface area contributed by atoms with Crippen molar-refractivity contribution in [3.8, 4) is 0 Å². The minimum absolute atomic E-state index is 0.000574. The van der Waals surface area contributed by atoms with Gasteiger partial charge >= 0.3 is 0 Å². The first-order valence-corrected chi connectivity index (χ1v) is 7.36. The maximum absolute atomic E-state index is 12.0. The number of nitrogens with one attached hydrogen (secondary N) is 1. The summed E-state index contributed by atoms with van der Waals surface area (Å²) < 4.78 is 0. The van der Waals surface area contributed by atoms with Crippen molar-refractivity contribution in [2.45, 2.75) is 65.3 Å². The Bertz CT molecular complexity index is 315. The third-order valence-corrected chi connectivity index (χ3v) is 3.82. The molecule has 0 unspecified atom stereocenters. The van der Waals surface area contributed by atoms with E-state index in [4.69, 9.17) is 0 Å². The van der Waals surface area contributed by atoms with Crippen LogP contribution in [0.3, 0.4) is 0 Å². The van der Waals surface area contributed by atoms with Crippen molar-refractivity contribution in [2.24, 2.45) is 5.41 Å². The maximum Gasteiger partial charge on any atom is 0.225 e. The molecule has 1 aliphatic carbocycles. The second kappa shape index (κ2) is 6.92. The van der Waals surface area contributed by atoms with Crippen LogP contribution in [0.1, 0.15) is 59.3 Å². The van der Waals surface area contributed by atoms with E-state index in [1.54, 1.807) is 0 Å². The Morgan fingerprint density at radius 1 is 1.16 bits per heavy atom. The number of hydrogen-bond acceptors (Lipinski definition) is 2. The van der Waals surface area contributed by atoms with Crippen LogP contribution in [0.25, 0.3) is 0 Å². The zero-order valence-electron chi connectivity index (χ0n) is 12.8. The summed E-state index contributed by atoms with van der Waals surface area (Å²) in [6.45, 7) is 6.06. The van der Waals surface area contributed by atoms with E-state index in [9.17, 15) is 9.59 Å². The number of carbonyl (C=O) groups is 2. The molecule has 0 heterocycles. The van der Waals surface area contributed by atoms with Gasteiger partial charge in [-0.1, -0.05) is 40.0 Å². The lowest BCUT2D eigenvalue weighted by molar-refractivity contribution is -0.133. The number of carbonyl (C=O) groups excluding carboxylic acids is 2. The molecule has 19 heavy (non-hydrogen) atoms. The summed E-state index contributed by atoms with van der Waals surface area (Å²) in [6.07, 6.45) is 6.38. The van der Waals surface area contributed by atoms with Crippen LogP contribution in [0.4, 0.5) is 0 Å². The quantitative estimate of drug-likeness (QED) is 0.850. The molecule has 1 fully saturated rings. The number of rotatable bonds is 4. The first-order chi connectivity index (χ1) is 8.82. The van der Waals surface area contributed by atoms with Crippen LogP contribution < -0.4 is 5.32 Å². The largest absolute Gasteiger partial charge is 0.355 e. The molecule has 110 valence electrons. The summed E-state index contributed by atoms with van der Waals surface area (Å²) in [5.74, 6) is 0.140. The summed E-state index contributed by atoms with van der Waals surface area (Å²) in [5, 5.41) is 2.82. The monoisotopic (exact) mass is 268 g/mol. The van der Waals surface area contributed by atoms with Gasteiger partial charge in [-0.15, -0.1) is 0 Å². The Labute approximate surface area is 116 Å². The molecular formula is C15H28N2O2. The molecule has 1 N–H and O–H groups in total. The minimum atomic E-state index is -0.391. The average Bonchev–Trinajstić information content (AvgIpc) is 2.37. The number of hydrogen-bond donors (Lipinski definition) is 1. The van der Waals surface area contributed by atoms with Gasteiger partial charge in [-0.2, -0.15) is 0 Å². The molecule has 0 saturated heterocycles. The first kappa shape index (κ1) is 16.0. The molecule has 0 bridgehead atoms. The Morgan fingerprint density at radius 2 is 1.74 bits per heavy atom. The highest BCUT2D eigenvalue weighted by molar-refractivity contribution is 5.82. The maximum atomic E-state index is 12.0. The van der Waals surface area contributed by atoms with Gasteiger partial charge in [-0.25, -0.2) is 0 Å². The molecule has 0 radical (unpaired) electrons. The Balaban J connectivity index is 2.28. The topological polar surface area (TPSA) is 49.4 Å². The molecule has 4 nitrogen and oxygen atoms in total. The second-order valence-corrected chi connectivity index (χ2v) is 6.55. The van der Waals surface area contributed by atoms with Crippen LogP contribution >= 0.6 is 0 Å². The van der Waals surface area contributed by atoms with E-state index in [1.807, 2.05) is 32.7 Å². The first-order valence-electron chi connectivity index (χ1n) is 7.36. The molecule has 0 aromatic heterocycles. The van der Waals surface area contributed by atoms with Gasteiger partial charge < -0.3 is 10.2 Å². The van der Waals surface area contributed by atoms with Crippen molar-refractivity contribution in [2.75, 3.05) is 13.6 Å². The van der Waals surface area contributed by atoms with E-state index in [2.05, 4.69) is 5.32 Å². The van der Waals surface area contributed by atoms with Crippen molar-refractivity contribution in [1.82, 2.24) is 10.2 Å². The van der Waals surface area contributed by atoms with E-state index in [1.165, 1.54) is 19.3 Å². The van der Waals surface area contributed by atoms with Crippen LogP contribution in [-0.2, 0) is 9.59 Å². The van der Waals surface area contributed by atoms with Crippen LogP contribution in [0, 0.1) is 5.41 Å². The van der Waals surface area contributed by atoms with Gasteiger partial charge in [0.05, 0.1) is 0 Å². The van der Waals surface area contributed by atoms with Crippen LogP contribution in [-0.4, -0.2) is 36.3 Å². The van der Waals surface area contributed by atoms with Gasteiger partial charge in [0.25, 0.3) is 0 Å². The molecule has 1 aliphatic rings. The third-order valence-electron chi connectivity index (χ3n) is 3.82. The summed E-state index contributed by atoms with van der Waals surface area (Å²) in [7, 11) is 1.89. The van der Waals surface area contributed by atoms with Gasteiger partial charge in [-0.05, 0) is 12.8 Å². The van der Waals surface area contributed by atoms with Gasteiger partial charge in [-0.3, -0.25) is 9.59 Å². The predicted octanol–water partition coefficient (Wildman–Crippen LogP) is 2.33. The van der Waals surface area contributed by atoms with E-state index in [0.29, 0.717) is 19.0 Å². The van der Waals surface area contributed by atoms with E-state index >= 15 is 0 Å². The molecule has 4 heteroatoms. The summed E-state index contributed by atoms with van der Waals surface area (Å²) in [4.78, 5) is 25.6. The van der Waals surface area contributed by atoms with Gasteiger partial charge in [0.2, 0.25) is 11.8 Å². The zero-order chi connectivity index (χ0) is 14.5. The SMILES string of the molecule is CN(C(=O)CCNC(=O)C(C)(C)C)C1CCCCC1. The van der Waals surface area contributed by atoms with Crippen LogP contribution in [0.5, 0.6) is 0 Å². The van der Waals surface area contributed by atoms with Crippen LogP contribution in [0.15, 0.2) is 0 Å². The molecule has 2 amide bonds. The smallest absolute Gasteiger partial charge is 0.225 e. The summed E-state index contributed by atoms with van der Waals surface area (Å²) >= 11 is 0. The van der Waals surface area contributed by atoms with Crippen molar-refractivity contribution >= 4 is 11.8 Å². The van der Waals surface area contributed by atoms with Crippen molar-refractivity contribution in [3.05, 3.63) is 0 Å². The fourth-order valence-corrected chi connectivity index (χ4v) is 2.40. The number of nitrogens with zero attached hydrogens (tertiary/aromatic N) is 1. The standard InChI is InChI=1S/C15H28N2O2/c1-15(2,3)14(19)16-11-10-13(18)17(4)12-8-6-5-7-9-12/h12H,5-11H2,1-4H3,(H,16,19). The molecular weight excluding hydrogens is 240 g/mol. The number of amides is 2. The fourth-order valence-electron chi connectivity index (χ4n) is 2.40. The van der Waals surface area contributed by atoms with Crippen LogP contribution in [0.2, 0.25) is 0 Å². The molecule has 1 rings (SSSR count). The lowest BCUT2D eigenvalue weighted by Crippen LogP contribution is -2.41. The third kappa shape index (κ3) is 5.21. The minimum Gasteiger partial charge on any atom is -0.355 e. The molecule has 0 aromatic rings. The molecule has 0 aliphatic heterocycles. The predicted molar refractivity (Wildman–Crippen MR) is 76.7 cm³/mol. The average molecular weight is 268 g/mol. The zero-order valence-corrected chi connectivity index (χ0v) is 12.8. The highest BCUT2D eigenvalue weighted by Crippen LogP contribution is 2.21. The van der Waals surface area contributed by atoms with E-state index in [0.717, 1.165) is 12.8 Å². The molecule has 1 saturated carbocycles. The van der Waals surface area contributed by atoms with Crippen molar-refractivity contribution in [1.29, 1.82) is 0 Å². The Kier molecular flexibility index (Phi) is 5.83. The molecule has 0 spiro atoms. The highest BCUT2D eigenvalue weighted by atomic mass is 16.2. The molecule has 0 aromatic carbocycles. The Hall–Kier alpha value is -1.06. The normalized spacial score (nSPS) is 17.1. The highest BCUT2D eigenvalue weighted by Gasteiger charge is 2.23. The van der Waals surface area contributed by atoms with Gasteiger partial charge in [0, 0.05) is 31.5 Å². The lowest BCUT2D eigenvalue weighted by atomic mass is 9.94. The fraction of sp³-hybridized carbons (Fsp3) is 0.867. The summed E-state index contributed by atoms with van der Waals surface area (Å²) in [5.41, 5.74) is -0.391. The molecule has 0 atom stereocenters. The lowest BCUT2D eigenvalue weighted by Gasteiger charge is -2.31. The van der Waals surface area contributed by atoms with E-state index in [-0.39, 0.29) is 11.8 Å². The van der Waals surface area contributed by atoms with Crippen molar-refractivity contribution < 1.29 is 9.59 Å². The second-order valence-electron chi connectivity index (χ2n) is 6.55.